The van der Waals surface area contributed by atoms with Gasteiger partial charge in [0.05, 0.1) is 11.9 Å². The molecule has 0 unspecified atom stereocenters. The lowest BCUT2D eigenvalue weighted by Gasteiger charge is -2.29. The second-order valence-corrected chi connectivity index (χ2v) is 5.81. The van der Waals surface area contributed by atoms with Crippen molar-refractivity contribution in [3.8, 4) is 5.69 Å². The van der Waals surface area contributed by atoms with Crippen LogP contribution >= 0.6 is 0 Å². The first-order chi connectivity index (χ1) is 10.8. The van der Waals surface area contributed by atoms with E-state index in [9.17, 15) is 18.7 Å². The third-order valence-corrected chi connectivity index (χ3v) is 4.10. The van der Waals surface area contributed by atoms with Gasteiger partial charge in [-0.05, 0) is 25.0 Å². The Labute approximate surface area is 132 Å². The number of anilines is 1. The zero-order valence-corrected chi connectivity index (χ0v) is 12.9. The Hall–Kier alpha value is -2.44. The molecule has 1 aromatic carbocycles. The van der Waals surface area contributed by atoms with E-state index in [0.717, 1.165) is 41.5 Å². The number of hydrogen-bond acceptors (Lipinski definition) is 3. The average Bonchev–Trinajstić information content (AvgIpc) is 2.92. The molecule has 0 bridgehead atoms. The molecule has 1 N–H and O–H groups in total. The molecule has 5 nitrogen and oxygen atoms in total. The zero-order valence-electron chi connectivity index (χ0n) is 12.9. The van der Waals surface area contributed by atoms with E-state index in [1.807, 2.05) is 13.1 Å². The monoisotopic (exact) mass is 321 g/mol. The van der Waals surface area contributed by atoms with Gasteiger partial charge in [0.1, 0.15) is 11.3 Å². The molecule has 0 fully saturated rings. The van der Waals surface area contributed by atoms with Gasteiger partial charge >= 0.3 is 5.97 Å². The van der Waals surface area contributed by atoms with Crippen LogP contribution in [-0.2, 0) is 12.3 Å². The molecular formula is C16H17F2N3O2. The van der Waals surface area contributed by atoms with Crippen LogP contribution in [-0.4, -0.2) is 34.4 Å². The molecule has 0 spiro atoms. The number of alkyl halides is 2. The summed E-state index contributed by atoms with van der Waals surface area (Å²) in [5, 5.41) is 13.1. The topological polar surface area (TPSA) is 58.4 Å². The number of halogens is 2. The van der Waals surface area contributed by atoms with Crippen molar-refractivity contribution in [3.05, 3.63) is 41.2 Å². The lowest BCUT2D eigenvalue weighted by molar-refractivity contribution is 0.00833. The van der Waals surface area contributed by atoms with Crippen molar-refractivity contribution in [2.75, 3.05) is 18.5 Å². The number of carboxylic acid groups (broad SMARTS) is 1. The molecule has 23 heavy (non-hydrogen) atoms. The summed E-state index contributed by atoms with van der Waals surface area (Å²) in [6, 6.07) is 5.41. The van der Waals surface area contributed by atoms with Crippen molar-refractivity contribution < 1.29 is 18.7 Å². The molecule has 0 radical (unpaired) electrons. The van der Waals surface area contributed by atoms with Crippen LogP contribution in [0.4, 0.5) is 14.5 Å². The fraction of sp³-hybridized carbons (Fsp3) is 0.375. The van der Waals surface area contributed by atoms with E-state index in [-0.39, 0.29) is 0 Å². The summed E-state index contributed by atoms with van der Waals surface area (Å²) < 4.78 is 29.1. The quantitative estimate of drug-likeness (QED) is 0.944. The van der Waals surface area contributed by atoms with Gasteiger partial charge in [-0.3, -0.25) is 0 Å². The van der Waals surface area contributed by atoms with Crippen LogP contribution in [0.2, 0.25) is 0 Å². The maximum absolute atomic E-state index is 14.0. The Kier molecular flexibility index (Phi) is 3.58. The highest BCUT2D eigenvalue weighted by atomic mass is 19.3. The largest absolute Gasteiger partial charge is 0.478 e. The number of aromatic carboxylic acids is 1. The maximum atomic E-state index is 14.0. The minimum absolute atomic E-state index is 0.473. The van der Waals surface area contributed by atoms with Crippen molar-refractivity contribution in [2.45, 2.75) is 25.7 Å². The van der Waals surface area contributed by atoms with Crippen molar-refractivity contribution in [1.29, 1.82) is 0 Å². The van der Waals surface area contributed by atoms with Crippen LogP contribution in [0.3, 0.4) is 0 Å². The summed E-state index contributed by atoms with van der Waals surface area (Å²) in [5.74, 6) is -4.72. The number of benzene rings is 1. The van der Waals surface area contributed by atoms with E-state index >= 15 is 0 Å². The van der Waals surface area contributed by atoms with E-state index in [2.05, 4.69) is 10.00 Å². The lowest BCUT2D eigenvalue weighted by Crippen LogP contribution is -2.26. The molecule has 0 saturated carbocycles. The zero-order chi connectivity index (χ0) is 16.8. The first-order valence-corrected chi connectivity index (χ1v) is 7.33. The van der Waals surface area contributed by atoms with E-state index < -0.39 is 23.1 Å². The number of carbonyl (C=O) groups is 1. The molecule has 0 amide bonds. The summed E-state index contributed by atoms with van der Waals surface area (Å²) in [4.78, 5) is 13.3. The van der Waals surface area contributed by atoms with Crippen LogP contribution in [0, 0.1) is 0 Å². The van der Waals surface area contributed by atoms with E-state index in [1.165, 1.54) is 0 Å². The van der Waals surface area contributed by atoms with E-state index in [4.69, 9.17) is 0 Å². The minimum atomic E-state index is -3.31. The fourth-order valence-electron chi connectivity index (χ4n) is 3.10. The first kappa shape index (κ1) is 15.5. The predicted octanol–water partition coefficient (Wildman–Crippen LogP) is 3.06. The van der Waals surface area contributed by atoms with Gasteiger partial charge in [0.15, 0.2) is 0 Å². The number of hydrogen-bond donors (Lipinski definition) is 1. The second-order valence-electron chi connectivity index (χ2n) is 5.81. The smallest absolute Gasteiger partial charge is 0.339 e. The first-order valence-electron chi connectivity index (χ1n) is 7.33. The van der Waals surface area contributed by atoms with Crippen LogP contribution in [0.25, 0.3) is 5.69 Å². The Bertz CT molecular complexity index is 765. The van der Waals surface area contributed by atoms with Gasteiger partial charge < -0.3 is 10.0 Å². The van der Waals surface area contributed by atoms with Gasteiger partial charge in [-0.25, -0.2) is 9.48 Å². The average molecular weight is 321 g/mol. The highest BCUT2D eigenvalue weighted by molar-refractivity contribution is 5.89. The molecule has 0 aliphatic carbocycles. The maximum Gasteiger partial charge on any atom is 0.339 e. The minimum Gasteiger partial charge on any atom is -0.478 e. The standard InChI is InChI=1S/C16H17F2N3O2/c1-16(17,18)14-11(15(22)23)9-19-21(14)13-7-3-6-12-10(13)5-4-8-20(12)2/h3,6-7,9H,4-5,8H2,1-2H3,(H,22,23). The van der Waals surface area contributed by atoms with Crippen LogP contribution in [0.15, 0.2) is 24.4 Å². The Balaban J connectivity index is 2.25. The van der Waals surface area contributed by atoms with Crippen LogP contribution < -0.4 is 4.90 Å². The molecule has 1 aliphatic rings. The Morgan fingerprint density at radius 3 is 2.70 bits per heavy atom. The number of nitrogens with zero attached hydrogens (tertiary/aromatic N) is 3. The van der Waals surface area contributed by atoms with Gasteiger partial charge in [0, 0.05) is 31.8 Å². The van der Waals surface area contributed by atoms with Gasteiger partial charge in [-0.2, -0.15) is 13.9 Å². The van der Waals surface area contributed by atoms with E-state index in [0.29, 0.717) is 12.6 Å². The van der Waals surface area contributed by atoms with Crippen molar-refractivity contribution >= 4 is 11.7 Å². The SMILES string of the molecule is CN1CCCc2c1cccc2-n1ncc(C(=O)O)c1C(C)(F)F. The van der Waals surface area contributed by atoms with Crippen molar-refractivity contribution in [3.63, 3.8) is 0 Å². The second kappa shape index (κ2) is 5.33. The number of carboxylic acids is 1. The summed E-state index contributed by atoms with van der Waals surface area (Å²) in [6.07, 6.45) is 2.64. The van der Waals surface area contributed by atoms with E-state index in [1.54, 1.807) is 12.1 Å². The molecule has 7 heteroatoms. The molecule has 1 aliphatic heterocycles. The highest BCUT2D eigenvalue weighted by Crippen LogP contribution is 2.36. The molecule has 122 valence electrons. The molecular weight excluding hydrogens is 304 g/mol. The number of fused-ring (bicyclic) bond motifs is 1. The Morgan fingerprint density at radius 2 is 2.04 bits per heavy atom. The normalized spacial score (nSPS) is 14.7. The Morgan fingerprint density at radius 1 is 1.35 bits per heavy atom. The molecule has 1 aromatic heterocycles. The third kappa shape index (κ3) is 2.56. The summed E-state index contributed by atoms with van der Waals surface area (Å²) >= 11 is 0. The van der Waals surface area contributed by atoms with Gasteiger partial charge in [0.2, 0.25) is 0 Å². The fourth-order valence-corrected chi connectivity index (χ4v) is 3.10. The van der Waals surface area contributed by atoms with Crippen molar-refractivity contribution in [1.82, 2.24) is 9.78 Å². The predicted molar refractivity (Wildman–Crippen MR) is 81.7 cm³/mol. The number of aromatic nitrogens is 2. The molecule has 0 atom stereocenters. The van der Waals surface area contributed by atoms with Gasteiger partial charge in [0.25, 0.3) is 5.92 Å². The molecule has 2 aromatic rings. The third-order valence-electron chi connectivity index (χ3n) is 4.10. The summed E-state index contributed by atoms with van der Waals surface area (Å²) in [7, 11) is 1.95. The summed E-state index contributed by atoms with van der Waals surface area (Å²) in [6.45, 7) is 1.58. The number of rotatable bonds is 3. The van der Waals surface area contributed by atoms with Crippen LogP contribution in [0.5, 0.6) is 0 Å². The molecule has 0 saturated heterocycles. The van der Waals surface area contributed by atoms with Crippen molar-refractivity contribution in [2.24, 2.45) is 0 Å². The highest BCUT2D eigenvalue weighted by Gasteiger charge is 2.36. The summed E-state index contributed by atoms with van der Waals surface area (Å²) in [5.41, 5.74) is 1.32. The lowest BCUT2D eigenvalue weighted by atomic mass is 10.00. The van der Waals surface area contributed by atoms with Gasteiger partial charge in [-0.1, -0.05) is 6.07 Å². The molecule has 2 heterocycles. The van der Waals surface area contributed by atoms with Gasteiger partial charge in [-0.15, -0.1) is 0 Å². The van der Waals surface area contributed by atoms with Crippen LogP contribution in [0.1, 0.15) is 35.0 Å². The molecule has 3 rings (SSSR count).